The topological polar surface area (TPSA) is 40.5 Å². The molecule has 0 amide bonds. The van der Waals surface area contributed by atoms with E-state index in [0.717, 1.165) is 17.7 Å². The molecule has 0 aromatic carbocycles. The molecule has 94 valence electrons. The van der Waals surface area contributed by atoms with Crippen LogP contribution in [0.25, 0.3) is 0 Å². The smallest absolute Gasteiger partial charge is 0.401 e. The standard InChI is InChI=1S/C10H16F3NO2/c1-7(4-8-2-3-8)14(5-9(15)16)6-10(11,12)13/h7-8H,2-6H2,1H3,(H,15,16). The highest BCUT2D eigenvalue weighted by molar-refractivity contribution is 5.69. The number of rotatable bonds is 6. The van der Waals surface area contributed by atoms with Gasteiger partial charge in [-0.3, -0.25) is 9.69 Å². The van der Waals surface area contributed by atoms with Gasteiger partial charge in [0.1, 0.15) is 0 Å². The van der Waals surface area contributed by atoms with E-state index in [1.54, 1.807) is 6.92 Å². The SMILES string of the molecule is CC(CC1CC1)N(CC(=O)O)CC(F)(F)F. The van der Waals surface area contributed by atoms with Crippen molar-refractivity contribution >= 4 is 5.97 Å². The first-order chi connectivity index (χ1) is 7.28. The molecule has 0 aliphatic heterocycles. The molecule has 1 aliphatic rings. The van der Waals surface area contributed by atoms with E-state index in [9.17, 15) is 18.0 Å². The van der Waals surface area contributed by atoms with Crippen molar-refractivity contribution in [2.45, 2.75) is 38.4 Å². The van der Waals surface area contributed by atoms with Crippen molar-refractivity contribution in [3.63, 3.8) is 0 Å². The third-order valence-corrected chi connectivity index (χ3v) is 2.72. The summed E-state index contributed by atoms with van der Waals surface area (Å²) in [6, 6.07) is -0.328. The summed E-state index contributed by atoms with van der Waals surface area (Å²) in [5, 5.41) is 8.57. The zero-order valence-electron chi connectivity index (χ0n) is 9.13. The highest BCUT2D eigenvalue weighted by Gasteiger charge is 2.35. The number of hydrogen-bond acceptors (Lipinski definition) is 2. The van der Waals surface area contributed by atoms with Crippen molar-refractivity contribution in [1.29, 1.82) is 0 Å². The van der Waals surface area contributed by atoms with Crippen LogP contribution in [0.3, 0.4) is 0 Å². The van der Waals surface area contributed by atoms with E-state index >= 15 is 0 Å². The molecule has 3 nitrogen and oxygen atoms in total. The van der Waals surface area contributed by atoms with Gasteiger partial charge in [-0.15, -0.1) is 0 Å². The normalized spacial score (nSPS) is 18.8. The first-order valence-electron chi connectivity index (χ1n) is 5.30. The molecule has 1 unspecified atom stereocenters. The Labute approximate surface area is 92.2 Å². The zero-order valence-corrected chi connectivity index (χ0v) is 9.13. The summed E-state index contributed by atoms with van der Waals surface area (Å²) in [4.78, 5) is 11.5. The van der Waals surface area contributed by atoms with Gasteiger partial charge in [-0.25, -0.2) is 0 Å². The highest BCUT2D eigenvalue weighted by Crippen LogP contribution is 2.35. The Hall–Kier alpha value is -0.780. The molecule has 0 radical (unpaired) electrons. The van der Waals surface area contributed by atoms with Crippen molar-refractivity contribution in [3.05, 3.63) is 0 Å². The number of alkyl halides is 3. The summed E-state index contributed by atoms with van der Waals surface area (Å²) in [7, 11) is 0. The van der Waals surface area contributed by atoms with Crippen LogP contribution >= 0.6 is 0 Å². The van der Waals surface area contributed by atoms with Crippen molar-refractivity contribution < 1.29 is 23.1 Å². The van der Waals surface area contributed by atoms with Gasteiger partial charge < -0.3 is 5.11 Å². The van der Waals surface area contributed by atoms with Crippen LogP contribution in [0.2, 0.25) is 0 Å². The second-order valence-electron chi connectivity index (χ2n) is 4.44. The summed E-state index contributed by atoms with van der Waals surface area (Å²) in [6.45, 7) is -0.0341. The number of nitrogens with zero attached hydrogens (tertiary/aromatic N) is 1. The predicted molar refractivity (Wildman–Crippen MR) is 52.1 cm³/mol. The Balaban J connectivity index is 2.49. The molecule has 0 aromatic rings. The molecule has 1 N–H and O–H groups in total. The monoisotopic (exact) mass is 239 g/mol. The van der Waals surface area contributed by atoms with Crippen molar-refractivity contribution in [1.82, 2.24) is 4.90 Å². The van der Waals surface area contributed by atoms with E-state index in [0.29, 0.717) is 12.3 Å². The molecule has 1 saturated carbocycles. The van der Waals surface area contributed by atoms with Crippen LogP contribution < -0.4 is 0 Å². The van der Waals surface area contributed by atoms with E-state index in [2.05, 4.69) is 0 Å². The summed E-state index contributed by atoms with van der Waals surface area (Å²) in [5.74, 6) is -0.730. The van der Waals surface area contributed by atoms with Crippen LogP contribution in [0.1, 0.15) is 26.2 Å². The minimum absolute atomic E-state index is 0.328. The third-order valence-electron chi connectivity index (χ3n) is 2.72. The van der Waals surface area contributed by atoms with Crippen LogP contribution in [0, 0.1) is 5.92 Å². The molecular formula is C10H16F3NO2. The molecule has 1 rings (SSSR count). The minimum Gasteiger partial charge on any atom is -0.480 e. The third kappa shape index (κ3) is 5.34. The molecule has 6 heteroatoms. The Morgan fingerprint density at radius 2 is 2.06 bits per heavy atom. The average molecular weight is 239 g/mol. The number of halogens is 3. The van der Waals surface area contributed by atoms with Gasteiger partial charge in [0, 0.05) is 6.04 Å². The molecule has 0 aromatic heterocycles. The number of aliphatic carboxylic acids is 1. The highest BCUT2D eigenvalue weighted by atomic mass is 19.4. The zero-order chi connectivity index (χ0) is 12.3. The van der Waals surface area contributed by atoms with Gasteiger partial charge in [-0.2, -0.15) is 13.2 Å². The fourth-order valence-corrected chi connectivity index (χ4v) is 1.76. The van der Waals surface area contributed by atoms with Gasteiger partial charge in [0.2, 0.25) is 0 Å². The number of carbonyl (C=O) groups is 1. The Kier molecular flexibility index (Phi) is 4.18. The lowest BCUT2D eigenvalue weighted by molar-refractivity contribution is -0.158. The fourth-order valence-electron chi connectivity index (χ4n) is 1.76. The lowest BCUT2D eigenvalue weighted by atomic mass is 10.1. The summed E-state index contributed by atoms with van der Waals surface area (Å²) >= 11 is 0. The Bertz CT molecular complexity index is 251. The van der Waals surface area contributed by atoms with E-state index in [4.69, 9.17) is 5.11 Å². The van der Waals surface area contributed by atoms with Gasteiger partial charge in [0.05, 0.1) is 13.1 Å². The second kappa shape index (κ2) is 5.03. The van der Waals surface area contributed by atoms with Crippen LogP contribution in [0.15, 0.2) is 0 Å². The van der Waals surface area contributed by atoms with Crippen molar-refractivity contribution in [2.24, 2.45) is 5.92 Å². The van der Waals surface area contributed by atoms with E-state index in [1.165, 1.54) is 0 Å². The minimum atomic E-state index is -4.34. The van der Waals surface area contributed by atoms with Crippen LogP contribution in [-0.2, 0) is 4.79 Å². The molecule has 16 heavy (non-hydrogen) atoms. The molecule has 1 fully saturated rings. The van der Waals surface area contributed by atoms with Crippen molar-refractivity contribution in [3.8, 4) is 0 Å². The number of hydrogen-bond donors (Lipinski definition) is 1. The lowest BCUT2D eigenvalue weighted by Crippen LogP contribution is -2.43. The maximum Gasteiger partial charge on any atom is 0.401 e. The Morgan fingerprint density at radius 1 is 1.50 bits per heavy atom. The van der Waals surface area contributed by atoms with Crippen molar-refractivity contribution in [2.75, 3.05) is 13.1 Å². The summed E-state index contributed by atoms with van der Waals surface area (Å²) in [5.41, 5.74) is 0. The maximum atomic E-state index is 12.2. The van der Waals surface area contributed by atoms with Gasteiger partial charge in [0.15, 0.2) is 0 Å². The van der Waals surface area contributed by atoms with Crippen LogP contribution in [-0.4, -0.2) is 41.3 Å². The first-order valence-corrected chi connectivity index (χ1v) is 5.30. The molecule has 0 saturated heterocycles. The van der Waals surface area contributed by atoms with Gasteiger partial charge >= 0.3 is 12.1 Å². The quantitative estimate of drug-likeness (QED) is 0.771. The molecule has 1 atom stereocenters. The maximum absolute atomic E-state index is 12.2. The van der Waals surface area contributed by atoms with E-state index in [-0.39, 0.29) is 6.04 Å². The lowest BCUT2D eigenvalue weighted by Gasteiger charge is -2.28. The number of carboxylic acids is 1. The van der Waals surface area contributed by atoms with Crippen LogP contribution in [0.5, 0.6) is 0 Å². The molecular weight excluding hydrogens is 223 g/mol. The molecule has 0 bridgehead atoms. The van der Waals surface area contributed by atoms with E-state index < -0.39 is 25.2 Å². The number of carboxylic acid groups (broad SMARTS) is 1. The molecule has 1 aliphatic carbocycles. The predicted octanol–water partition coefficient (Wildman–Crippen LogP) is 2.12. The van der Waals surface area contributed by atoms with Gasteiger partial charge in [0.25, 0.3) is 0 Å². The molecule has 0 spiro atoms. The average Bonchev–Trinajstić information content (AvgIpc) is 2.83. The van der Waals surface area contributed by atoms with E-state index in [1.807, 2.05) is 0 Å². The Morgan fingerprint density at radius 3 is 2.44 bits per heavy atom. The fraction of sp³-hybridized carbons (Fsp3) is 0.900. The second-order valence-corrected chi connectivity index (χ2v) is 4.44. The first kappa shape index (κ1) is 13.3. The van der Waals surface area contributed by atoms with Gasteiger partial charge in [-0.05, 0) is 19.3 Å². The largest absolute Gasteiger partial charge is 0.480 e. The summed E-state index contributed by atoms with van der Waals surface area (Å²) in [6.07, 6.45) is -1.58. The van der Waals surface area contributed by atoms with Gasteiger partial charge in [-0.1, -0.05) is 12.8 Å². The molecule has 0 heterocycles. The summed E-state index contributed by atoms with van der Waals surface area (Å²) < 4.78 is 36.7. The van der Waals surface area contributed by atoms with Crippen LogP contribution in [0.4, 0.5) is 13.2 Å².